The lowest BCUT2D eigenvalue weighted by molar-refractivity contribution is 0.103. The minimum Gasteiger partial charge on any atom is -0.492 e. The summed E-state index contributed by atoms with van der Waals surface area (Å²) in [6, 6.07) is 14.7. The van der Waals surface area contributed by atoms with Gasteiger partial charge in [-0.15, -0.1) is 0 Å². The summed E-state index contributed by atoms with van der Waals surface area (Å²) in [6.07, 6.45) is 2.38. The molecule has 0 aromatic heterocycles. The van der Waals surface area contributed by atoms with Gasteiger partial charge in [0.2, 0.25) is 0 Å². The zero-order valence-corrected chi connectivity index (χ0v) is 13.3. The van der Waals surface area contributed by atoms with E-state index in [-0.39, 0.29) is 5.78 Å². The van der Waals surface area contributed by atoms with E-state index in [1.807, 2.05) is 30.3 Å². The second-order valence-electron chi connectivity index (χ2n) is 4.97. The van der Waals surface area contributed by atoms with Crippen LogP contribution >= 0.6 is 15.9 Å². The molecule has 0 spiro atoms. The fraction of sp³-hybridized carbons (Fsp3) is 0.111. The zero-order chi connectivity index (χ0) is 15.5. The Morgan fingerprint density at radius 3 is 2.91 bits per heavy atom. The van der Waals surface area contributed by atoms with Crippen molar-refractivity contribution in [2.45, 2.75) is 6.42 Å². The molecule has 1 aliphatic heterocycles. The molecule has 0 radical (unpaired) electrons. The van der Waals surface area contributed by atoms with E-state index in [1.165, 1.54) is 0 Å². The third-order valence-electron chi connectivity index (χ3n) is 3.47. The van der Waals surface area contributed by atoms with E-state index in [1.54, 1.807) is 18.2 Å². The number of nitrogens with zero attached hydrogens (tertiary/aromatic N) is 1. The van der Waals surface area contributed by atoms with Crippen LogP contribution in [0, 0.1) is 11.3 Å². The third-order valence-corrected chi connectivity index (χ3v) is 3.96. The van der Waals surface area contributed by atoms with Crippen LogP contribution in [0.4, 0.5) is 0 Å². The van der Waals surface area contributed by atoms with Gasteiger partial charge >= 0.3 is 0 Å². The highest BCUT2D eigenvalue weighted by molar-refractivity contribution is 9.10. The number of carbonyl (C=O) groups excluding carboxylic acids is 1. The number of nitriles is 1. The molecule has 1 heterocycles. The molecule has 0 unspecified atom stereocenters. The first-order chi connectivity index (χ1) is 10.7. The van der Waals surface area contributed by atoms with Gasteiger partial charge in [-0.1, -0.05) is 28.1 Å². The van der Waals surface area contributed by atoms with Gasteiger partial charge in [-0.2, -0.15) is 5.26 Å². The fourth-order valence-corrected chi connectivity index (χ4v) is 2.74. The Hall–Kier alpha value is -2.38. The number of ether oxygens (including phenoxy) is 1. The second-order valence-corrected chi connectivity index (χ2v) is 5.89. The summed E-state index contributed by atoms with van der Waals surface area (Å²) < 4.78 is 6.55. The van der Waals surface area contributed by atoms with Crippen LogP contribution in [-0.2, 0) is 0 Å². The van der Waals surface area contributed by atoms with Crippen molar-refractivity contribution in [2.24, 2.45) is 0 Å². The quantitative estimate of drug-likeness (QED) is 0.715. The molecule has 4 heteroatoms. The Morgan fingerprint density at radius 2 is 2.09 bits per heavy atom. The van der Waals surface area contributed by atoms with Crippen LogP contribution in [0.3, 0.4) is 0 Å². The molecule has 22 heavy (non-hydrogen) atoms. The van der Waals surface area contributed by atoms with Crippen molar-refractivity contribution in [1.82, 2.24) is 0 Å². The van der Waals surface area contributed by atoms with Crippen molar-refractivity contribution in [3.63, 3.8) is 0 Å². The Balaban J connectivity index is 2.01. The van der Waals surface area contributed by atoms with E-state index in [2.05, 4.69) is 22.0 Å². The highest BCUT2D eigenvalue weighted by atomic mass is 79.9. The van der Waals surface area contributed by atoms with Gasteiger partial charge in [0.25, 0.3) is 0 Å². The average molecular weight is 354 g/mol. The lowest BCUT2D eigenvalue weighted by Crippen LogP contribution is -2.02. The zero-order valence-electron chi connectivity index (χ0n) is 11.7. The number of ketones is 1. The molecular formula is C18H12BrNO2. The van der Waals surface area contributed by atoms with Crippen molar-refractivity contribution in [3.05, 3.63) is 69.2 Å². The van der Waals surface area contributed by atoms with E-state index < -0.39 is 0 Å². The summed E-state index contributed by atoms with van der Waals surface area (Å²) in [4.78, 5) is 12.7. The Labute approximate surface area is 137 Å². The van der Waals surface area contributed by atoms with Crippen LogP contribution in [0.15, 0.2) is 52.5 Å². The monoisotopic (exact) mass is 353 g/mol. The van der Waals surface area contributed by atoms with Crippen molar-refractivity contribution < 1.29 is 9.53 Å². The Kier molecular flexibility index (Phi) is 4.08. The molecule has 0 saturated carbocycles. The number of fused-ring (bicyclic) bond motifs is 1. The minimum absolute atomic E-state index is 0.0256. The van der Waals surface area contributed by atoms with Gasteiger partial charge in [0, 0.05) is 16.5 Å². The van der Waals surface area contributed by atoms with Gasteiger partial charge < -0.3 is 4.74 Å². The maximum atomic E-state index is 12.7. The van der Waals surface area contributed by atoms with Gasteiger partial charge in [-0.25, -0.2) is 0 Å². The molecule has 0 atom stereocenters. The molecule has 0 amide bonds. The molecule has 1 aliphatic rings. The first kappa shape index (κ1) is 14.6. The van der Waals surface area contributed by atoms with Crippen molar-refractivity contribution in [3.8, 4) is 11.8 Å². The standard InChI is InChI=1S/C18H12BrNO2/c19-15-4-5-16-17(10-15)22-7-6-14(18(16)21)9-12-2-1-3-13(8-12)11-20/h1-5,8-10H,6-7H2/b14-9+. The molecule has 0 fully saturated rings. The summed E-state index contributed by atoms with van der Waals surface area (Å²) in [7, 11) is 0. The van der Waals surface area contributed by atoms with E-state index >= 15 is 0 Å². The maximum absolute atomic E-state index is 12.7. The van der Waals surface area contributed by atoms with Crippen LogP contribution < -0.4 is 4.74 Å². The number of hydrogen-bond acceptors (Lipinski definition) is 3. The van der Waals surface area contributed by atoms with Gasteiger partial charge in [-0.3, -0.25) is 4.79 Å². The van der Waals surface area contributed by atoms with Crippen molar-refractivity contribution >= 4 is 27.8 Å². The normalized spacial score (nSPS) is 15.6. The van der Waals surface area contributed by atoms with E-state index in [4.69, 9.17) is 10.00 Å². The van der Waals surface area contributed by atoms with Gasteiger partial charge in [0.05, 0.1) is 23.8 Å². The summed E-state index contributed by atoms with van der Waals surface area (Å²) in [5.74, 6) is 0.580. The smallest absolute Gasteiger partial charge is 0.192 e. The van der Waals surface area contributed by atoms with Crippen LogP contribution in [-0.4, -0.2) is 12.4 Å². The van der Waals surface area contributed by atoms with Crippen LogP contribution in [0.5, 0.6) is 5.75 Å². The van der Waals surface area contributed by atoms with Crippen molar-refractivity contribution in [2.75, 3.05) is 6.61 Å². The van der Waals surface area contributed by atoms with Gasteiger partial charge in [0.15, 0.2) is 5.78 Å². The Morgan fingerprint density at radius 1 is 1.23 bits per heavy atom. The number of hydrogen-bond donors (Lipinski definition) is 0. The van der Waals surface area contributed by atoms with Gasteiger partial charge in [0.1, 0.15) is 5.75 Å². The molecule has 3 nitrogen and oxygen atoms in total. The largest absolute Gasteiger partial charge is 0.492 e. The molecule has 108 valence electrons. The summed E-state index contributed by atoms with van der Waals surface area (Å²) in [5.41, 5.74) is 2.69. The first-order valence-electron chi connectivity index (χ1n) is 6.85. The lowest BCUT2D eigenvalue weighted by Gasteiger charge is -2.05. The summed E-state index contributed by atoms with van der Waals surface area (Å²) in [5, 5.41) is 8.96. The molecule has 0 saturated heterocycles. The molecule has 0 N–H and O–H groups in total. The average Bonchev–Trinajstić information content (AvgIpc) is 2.67. The molecule has 2 aromatic carbocycles. The van der Waals surface area contributed by atoms with Crippen molar-refractivity contribution in [1.29, 1.82) is 5.26 Å². The second kappa shape index (κ2) is 6.17. The van der Waals surface area contributed by atoms with E-state index in [9.17, 15) is 4.79 Å². The Bertz CT molecular complexity index is 818. The van der Waals surface area contributed by atoms with Crippen LogP contribution in [0.25, 0.3) is 6.08 Å². The lowest BCUT2D eigenvalue weighted by atomic mass is 9.98. The van der Waals surface area contributed by atoms with Crippen LogP contribution in [0.2, 0.25) is 0 Å². The predicted molar refractivity (Wildman–Crippen MR) is 87.7 cm³/mol. The SMILES string of the molecule is N#Cc1cccc(/C=C2\CCOc3cc(Br)ccc3C2=O)c1. The number of benzene rings is 2. The predicted octanol–water partition coefficient (Wildman–Crippen LogP) is 4.37. The fourth-order valence-electron chi connectivity index (χ4n) is 2.40. The summed E-state index contributed by atoms with van der Waals surface area (Å²) >= 11 is 3.38. The first-order valence-corrected chi connectivity index (χ1v) is 7.64. The molecule has 0 aliphatic carbocycles. The molecule has 3 rings (SSSR count). The topological polar surface area (TPSA) is 50.1 Å². The number of halogens is 1. The minimum atomic E-state index is -0.0256. The molecular weight excluding hydrogens is 342 g/mol. The number of rotatable bonds is 1. The highest BCUT2D eigenvalue weighted by Crippen LogP contribution is 2.30. The van der Waals surface area contributed by atoms with E-state index in [0.29, 0.717) is 35.5 Å². The number of carbonyl (C=O) groups is 1. The van der Waals surface area contributed by atoms with E-state index in [0.717, 1.165) is 10.0 Å². The van der Waals surface area contributed by atoms with Crippen LogP contribution in [0.1, 0.15) is 27.9 Å². The number of Topliss-reactive ketones (excluding diaryl/α,β-unsaturated/α-hetero) is 1. The highest BCUT2D eigenvalue weighted by Gasteiger charge is 2.21. The third kappa shape index (κ3) is 2.95. The molecule has 0 bridgehead atoms. The molecule has 2 aromatic rings. The van der Waals surface area contributed by atoms with Gasteiger partial charge in [-0.05, 0) is 42.0 Å². The maximum Gasteiger partial charge on any atom is 0.192 e. The summed E-state index contributed by atoms with van der Waals surface area (Å²) in [6.45, 7) is 0.457.